The van der Waals surface area contributed by atoms with E-state index in [1.807, 2.05) is 4.90 Å². The Labute approximate surface area is 203 Å². The summed E-state index contributed by atoms with van der Waals surface area (Å²) < 4.78 is 16.9. The van der Waals surface area contributed by atoms with Crippen molar-refractivity contribution in [3.05, 3.63) is 65.9 Å². The van der Waals surface area contributed by atoms with Crippen LogP contribution in [0.5, 0.6) is 5.75 Å². The molecule has 0 bridgehead atoms. The van der Waals surface area contributed by atoms with Crippen molar-refractivity contribution in [1.29, 1.82) is 0 Å². The number of methoxy groups -OCH3 is 1. The quantitative estimate of drug-likeness (QED) is 0.465. The van der Waals surface area contributed by atoms with E-state index in [2.05, 4.69) is 56.0 Å². The third-order valence-corrected chi connectivity index (χ3v) is 6.94. The fourth-order valence-corrected chi connectivity index (χ4v) is 4.25. The summed E-state index contributed by atoms with van der Waals surface area (Å²) in [6, 6.07) is 15.0. The summed E-state index contributed by atoms with van der Waals surface area (Å²) in [5.41, 5.74) is 4.99. The lowest BCUT2D eigenvalue weighted by Gasteiger charge is -2.23. The van der Waals surface area contributed by atoms with Gasteiger partial charge in [-0.15, -0.1) is 0 Å². The number of carbonyl (C=O) groups excluding carboxylic acids is 1. The second-order valence-electron chi connectivity index (χ2n) is 9.95. The third kappa shape index (κ3) is 6.55. The summed E-state index contributed by atoms with van der Waals surface area (Å²) in [6.07, 6.45) is 6.91. The highest BCUT2D eigenvalue weighted by Gasteiger charge is 2.39. The van der Waals surface area contributed by atoms with Crippen molar-refractivity contribution in [2.75, 3.05) is 33.4 Å². The Kier molecular flexibility index (Phi) is 7.81. The minimum Gasteiger partial charge on any atom is -0.501 e. The standard InChI is InChI=1S/C29H37NO4/c1-22(32-3)19-23-8-10-24(11-9-23)25-12-13-27-26(20-25)7-5-4-6-16-30(17-18-33-27)28(31)34-21-29(2)14-15-29/h8-13,20H,1,4-7,14-19,21H2,2-3H3. The van der Waals surface area contributed by atoms with E-state index in [1.165, 1.54) is 22.3 Å². The molecule has 2 aromatic rings. The molecular formula is C29H37NO4. The zero-order chi connectivity index (χ0) is 24.0. The van der Waals surface area contributed by atoms with Gasteiger partial charge in [0, 0.05) is 18.4 Å². The fraction of sp³-hybridized carbons (Fsp3) is 0.483. The van der Waals surface area contributed by atoms with Crippen LogP contribution in [0.25, 0.3) is 11.1 Å². The van der Waals surface area contributed by atoms with Gasteiger partial charge in [-0.2, -0.15) is 0 Å². The molecule has 1 aliphatic heterocycles. The van der Waals surface area contributed by atoms with E-state index in [0.717, 1.165) is 63.0 Å². The van der Waals surface area contributed by atoms with Gasteiger partial charge in [0.25, 0.3) is 0 Å². The van der Waals surface area contributed by atoms with Crippen LogP contribution in [0.1, 0.15) is 50.2 Å². The van der Waals surface area contributed by atoms with Gasteiger partial charge in [0.1, 0.15) is 12.4 Å². The van der Waals surface area contributed by atoms with Gasteiger partial charge >= 0.3 is 6.09 Å². The number of fused-ring (bicyclic) bond motifs is 1. The van der Waals surface area contributed by atoms with Gasteiger partial charge in [0.15, 0.2) is 0 Å². The van der Waals surface area contributed by atoms with Crippen LogP contribution in [0, 0.1) is 5.41 Å². The molecule has 1 heterocycles. The number of nitrogens with zero attached hydrogens (tertiary/aromatic N) is 1. The van der Waals surface area contributed by atoms with Crippen molar-refractivity contribution in [2.24, 2.45) is 5.41 Å². The zero-order valence-corrected chi connectivity index (χ0v) is 20.6. The molecule has 2 aromatic carbocycles. The van der Waals surface area contributed by atoms with Crippen molar-refractivity contribution in [2.45, 2.75) is 51.9 Å². The predicted molar refractivity (Wildman–Crippen MR) is 135 cm³/mol. The number of hydrogen-bond acceptors (Lipinski definition) is 4. The summed E-state index contributed by atoms with van der Waals surface area (Å²) in [5.74, 6) is 1.68. The third-order valence-electron chi connectivity index (χ3n) is 6.94. The number of aryl methyl sites for hydroxylation is 1. The highest BCUT2D eigenvalue weighted by atomic mass is 16.6. The molecule has 1 fully saturated rings. The van der Waals surface area contributed by atoms with Crippen LogP contribution in [0.2, 0.25) is 0 Å². The molecule has 4 rings (SSSR count). The number of ether oxygens (including phenoxy) is 3. The van der Waals surface area contributed by atoms with Gasteiger partial charge in [-0.3, -0.25) is 0 Å². The molecule has 2 aliphatic rings. The predicted octanol–water partition coefficient (Wildman–Crippen LogP) is 6.40. The van der Waals surface area contributed by atoms with Crippen LogP contribution in [-0.2, 0) is 22.3 Å². The second kappa shape index (κ2) is 11.0. The highest BCUT2D eigenvalue weighted by molar-refractivity contribution is 5.68. The average Bonchev–Trinajstić information content (AvgIpc) is 3.59. The molecule has 0 unspecified atom stereocenters. The normalized spacial score (nSPS) is 17.5. The molecule has 0 N–H and O–H groups in total. The number of allylic oxidation sites excluding steroid dienone is 1. The Morgan fingerprint density at radius 3 is 2.56 bits per heavy atom. The Hall–Kier alpha value is -2.95. The Balaban J connectivity index is 1.40. The Morgan fingerprint density at radius 2 is 1.82 bits per heavy atom. The number of amides is 1. The smallest absolute Gasteiger partial charge is 0.409 e. The maximum absolute atomic E-state index is 12.6. The van der Waals surface area contributed by atoms with Crippen LogP contribution in [0.4, 0.5) is 4.79 Å². The monoisotopic (exact) mass is 463 g/mol. The van der Waals surface area contributed by atoms with E-state index < -0.39 is 0 Å². The summed E-state index contributed by atoms with van der Waals surface area (Å²) in [5, 5.41) is 0. The maximum atomic E-state index is 12.6. The average molecular weight is 464 g/mol. The molecule has 5 heteroatoms. The summed E-state index contributed by atoms with van der Waals surface area (Å²) in [7, 11) is 1.65. The molecule has 0 saturated heterocycles. The lowest BCUT2D eigenvalue weighted by Crippen LogP contribution is -2.36. The van der Waals surface area contributed by atoms with E-state index >= 15 is 0 Å². The SMILES string of the molecule is C=C(Cc1ccc(-c2ccc3c(c2)CCCCCN(C(=O)OCC2(C)CC2)CCO3)cc1)OC. The van der Waals surface area contributed by atoms with Crippen LogP contribution in [0.3, 0.4) is 0 Å². The molecular weight excluding hydrogens is 426 g/mol. The molecule has 182 valence electrons. The molecule has 1 aliphatic carbocycles. The molecule has 5 nitrogen and oxygen atoms in total. The van der Waals surface area contributed by atoms with Crippen molar-refractivity contribution in [3.8, 4) is 16.9 Å². The van der Waals surface area contributed by atoms with Crippen molar-refractivity contribution >= 4 is 6.09 Å². The highest BCUT2D eigenvalue weighted by Crippen LogP contribution is 2.45. The number of carbonyl (C=O) groups is 1. The van der Waals surface area contributed by atoms with E-state index in [4.69, 9.17) is 14.2 Å². The van der Waals surface area contributed by atoms with Crippen LogP contribution >= 0.6 is 0 Å². The molecule has 34 heavy (non-hydrogen) atoms. The number of rotatable bonds is 6. The van der Waals surface area contributed by atoms with Gasteiger partial charge in [0.2, 0.25) is 0 Å². The van der Waals surface area contributed by atoms with Gasteiger partial charge in [-0.1, -0.05) is 50.3 Å². The Morgan fingerprint density at radius 1 is 1.06 bits per heavy atom. The van der Waals surface area contributed by atoms with Crippen molar-refractivity contribution in [3.63, 3.8) is 0 Å². The first-order valence-electron chi connectivity index (χ1n) is 12.4. The first kappa shape index (κ1) is 24.2. The topological polar surface area (TPSA) is 48.0 Å². The lowest BCUT2D eigenvalue weighted by atomic mass is 9.98. The largest absolute Gasteiger partial charge is 0.501 e. The minimum atomic E-state index is -0.205. The number of hydrogen-bond donors (Lipinski definition) is 0. The van der Waals surface area contributed by atoms with E-state index in [1.54, 1.807) is 7.11 Å². The zero-order valence-electron chi connectivity index (χ0n) is 20.6. The van der Waals surface area contributed by atoms with Crippen LogP contribution in [0.15, 0.2) is 54.8 Å². The lowest BCUT2D eigenvalue weighted by molar-refractivity contribution is 0.0804. The maximum Gasteiger partial charge on any atom is 0.409 e. The van der Waals surface area contributed by atoms with Gasteiger partial charge in [-0.25, -0.2) is 4.79 Å². The van der Waals surface area contributed by atoms with Crippen molar-refractivity contribution in [1.82, 2.24) is 4.90 Å². The molecule has 0 aromatic heterocycles. The van der Waals surface area contributed by atoms with Gasteiger partial charge in [0.05, 0.1) is 26.0 Å². The molecule has 1 saturated carbocycles. The first-order chi connectivity index (χ1) is 16.5. The summed E-state index contributed by atoms with van der Waals surface area (Å²) in [4.78, 5) is 14.4. The molecule has 1 amide bonds. The molecule has 0 spiro atoms. The van der Waals surface area contributed by atoms with Gasteiger partial charge < -0.3 is 19.1 Å². The molecule has 0 radical (unpaired) electrons. The Bertz CT molecular complexity index is 994. The van der Waals surface area contributed by atoms with Crippen molar-refractivity contribution < 1.29 is 19.0 Å². The van der Waals surface area contributed by atoms with Crippen LogP contribution < -0.4 is 4.74 Å². The fourth-order valence-electron chi connectivity index (χ4n) is 4.25. The minimum absolute atomic E-state index is 0.205. The van der Waals surface area contributed by atoms with Gasteiger partial charge in [-0.05, 0) is 66.5 Å². The summed E-state index contributed by atoms with van der Waals surface area (Å²) in [6.45, 7) is 8.35. The van der Waals surface area contributed by atoms with E-state index in [0.29, 0.717) is 19.8 Å². The van der Waals surface area contributed by atoms with E-state index in [-0.39, 0.29) is 11.5 Å². The second-order valence-corrected chi connectivity index (χ2v) is 9.95. The van der Waals surface area contributed by atoms with Crippen LogP contribution in [-0.4, -0.2) is 44.4 Å². The molecule has 0 atom stereocenters. The summed E-state index contributed by atoms with van der Waals surface area (Å²) >= 11 is 0. The van der Waals surface area contributed by atoms with E-state index in [9.17, 15) is 4.79 Å². The first-order valence-corrected chi connectivity index (χ1v) is 12.4. The number of benzene rings is 2.